The minimum atomic E-state index is -4.80. The number of amides is 3. The second-order valence-electron chi connectivity index (χ2n) is 11.3. The monoisotopic (exact) mass is 590 g/mol. The molecule has 226 valence electrons. The smallest absolute Gasteiger partial charge is 0.435 e. The van der Waals surface area contributed by atoms with Crippen LogP contribution in [-0.4, -0.2) is 77.0 Å². The Morgan fingerprint density at radius 1 is 1.00 bits per heavy atom. The highest BCUT2D eigenvalue weighted by Gasteiger charge is 2.46. The van der Waals surface area contributed by atoms with Crippen molar-refractivity contribution in [2.45, 2.75) is 70.1 Å². The first kappa shape index (κ1) is 30.4. The molecule has 2 aromatic heterocycles. The van der Waals surface area contributed by atoms with Crippen molar-refractivity contribution in [3.8, 4) is 0 Å². The summed E-state index contributed by atoms with van der Waals surface area (Å²) in [5.41, 5.74) is -2.34. The lowest BCUT2D eigenvalue weighted by atomic mass is 9.93. The van der Waals surface area contributed by atoms with Gasteiger partial charge in [-0.2, -0.15) is 26.3 Å². The van der Waals surface area contributed by atoms with E-state index in [-0.39, 0.29) is 24.2 Å². The van der Waals surface area contributed by atoms with Gasteiger partial charge in [-0.1, -0.05) is 0 Å². The van der Waals surface area contributed by atoms with E-state index >= 15 is 0 Å². The van der Waals surface area contributed by atoms with E-state index in [0.29, 0.717) is 19.4 Å². The zero-order valence-electron chi connectivity index (χ0n) is 22.8. The Morgan fingerprint density at radius 3 is 2.37 bits per heavy atom. The van der Waals surface area contributed by atoms with E-state index in [9.17, 15) is 35.9 Å². The Morgan fingerprint density at radius 2 is 1.71 bits per heavy atom. The van der Waals surface area contributed by atoms with Crippen LogP contribution in [0.1, 0.15) is 45.7 Å². The van der Waals surface area contributed by atoms with Crippen molar-refractivity contribution < 1.29 is 40.7 Å². The third-order valence-electron chi connectivity index (χ3n) is 6.89. The topological polar surface area (TPSA) is 99.7 Å². The van der Waals surface area contributed by atoms with Gasteiger partial charge in [-0.3, -0.25) is 4.98 Å². The van der Waals surface area contributed by atoms with Gasteiger partial charge in [-0.25, -0.2) is 14.6 Å². The van der Waals surface area contributed by atoms with Crippen LogP contribution in [0.2, 0.25) is 0 Å². The van der Waals surface area contributed by atoms with E-state index in [1.165, 1.54) is 21.9 Å². The first-order valence-electron chi connectivity index (χ1n) is 13.2. The summed E-state index contributed by atoms with van der Waals surface area (Å²) < 4.78 is 87.6. The largest absolute Gasteiger partial charge is 0.444 e. The third kappa shape index (κ3) is 7.61. The molecular formula is C26H32F6N6O3. The molecule has 2 fully saturated rings. The van der Waals surface area contributed by atoms with Crippen molar-refractivity contribution in [1.29, 1.82) is 0 Å². The third-order valence-corrected chi connectivity index (χ3v) is 6.89. The summed E-state index contributed by atoms with van der Waals surface area (Å²) in [6, 6.07) is 0.621. The van der Waals surface area contributed by atoms with E-state index in [0.717, 1.165) is 12.4 Å². The fraction of sp³-hybridized carbons (Fsp3) is 0.615. The van der Waals surface area contributed by atoms with Crippen molar-refractivity contribution >= 4 is 28.7 Å². The molecule has 4 rings (SSSR count). The average Bonchev–Trinajstić information content (AvgIpc) is 2.85. The summed E-state index contributed by atoms with van der Waals surface area (Å²) in [7, 11) is 0. The number of aromatic nitrogens is 2. The number of nitrogens with one attached hydrogen (secondary N) is 2. The number of carbonyl (C=O) groups excluding carboxylic acids is 2. The van der Waals surface area contributed by atoms with Crippen molar-refractivity contribution in [3.05, 3.63) is 30.2 Å². The molecule has 2 saturated heterocycles. The minimum absolute atomic E-state index is 0.00490. The predicted octanol–water partition coefficient (Wildman–Crippen LogP) is 5.10. The Bertz CT molecular complexity index is 1260. The number of anilines is 1. The normalized spacial score (nSPS) is 22.4. The second kappa shape index (κ2) is 11.4. The predicted molar refractivity (Wildman–Crippen MR) is 137 cm³/mol. The fourth-order valence-electron chi connectivity index (χ4n) is 5.15. The quantitative estimate of drug-likeness (QED) is 0.483. The molecular weight excluding hydrogens is 558 g/mol. The number of pyridine rings is 2. The van der Waals surface area contributed by atoms with Crippen molar-refractivity contribution in [1.82, 2.24) is 25.5 Å². The number of urea groups is 1. The highest BCUT2D eigenvalue weighted by molar-refractivity contribution is 5.93. The maximum atomic E-state index is 13.9. The molecule has 3 atom stereocenters. The van der Waals surface area contributed by atoms with Gasteiger partial charge in [0.05, 0.1) is 17.8 Å². The number of nitrogens with zero attached hydrogens (tertiary/aromatic N) is 4. The summed E-state index contributed by atoms with van der Waals surface area (Å²) >= 11 is 0. The molecule has 41 heavy (non-hydrogen) atoms. The first-order chi connectivity index (χ1) is 19.0. The van der Waals surface area contributed by atoms with Gasteiger partial charge >= 0.3 is 24.5 Å². The van der Waals surface area contributed by atoms with Crippen LogP contribution in [0.3, 0.4) is 0 Å². The molecule has 0 bridgehead atoms. The van der Waals surface area contributed by atoms with Crippen LogP contribution >= 0.6 is 0 Å². The SMILES string of the molecule is CC(C)(C)OC(=O)N1CCC[C@@H](NC(=O)N[C@@H]2C[C@H](C(F)(F)F)CN(c3cnc(C(F)(F)F)c4ncccc34)C2)C1. The molecule has 0 aromatic carbocycles. The maximum absolute atomic E-state index is 13.9. The van der Waals surface area contributed by atoms with Crippen LogP contribution in [0.5, 0.6) is 0 Å². The molecule has 0 spiro atoms. The van der Waals surface area contributed by atoms with E-state index in [4.69, 9.17) is 4.74 Å². The molecule has 2 aliphatic heterocycles. The Hall–Kier alpha value is -3.52. The average molecular weight is 591 g/mol. The Labute approximate surface area is 232 Å². The number of likely N-dealkylation sites (tertiary alicyclic amines) is 1. The number of ether oxygens (including phenoxy) is 1. The number of rotatable bonds is 3. The van der Waals surface area contributed by atoms with E-state index in [1.807, 2.05) is 0 Å². The van der Waals surface area contributed by atoms with Gasteiger partial charge in [-0.15, -0.1) is 0 Å². The van der Waals surface area contributed by atoms with Gasteiger partial charge in [0.1, 0.15) is 11.1 Å². The van der Waals surface area contributed by atoms with Crippen molar-refractivity contribution in [2.24, 2.45) is 5.92 Å². The number of halogens is 6. The van der Waals surface area contributed by atoms with Gasteiger partial charge in [-0.05, 0) is 52.2 Å². The molecule has 9 nitrogen and oxygen atoms in total. The first-order valence-corrected chi connectivity index (χ1v) is 13.2. The van der Waals surface area contributed by atoms with Crippen LogP contribution < -0.4 is 15.5 Å². The second-order valence-corrected chi connectivity index (χ2v) is 11.3. The van der Waals surface area contributed by atoms with E-state index in [2.05, 4.69) is 20.6 Å². The number of hydrogen-bond acceptors (Lipinski definition) is 6. The molecule has 4 heterocycles. The number of hydrogen-bond donors (Lipinski definition) is 2. The standard InChI is InChI=1S/C26H32F6N6O3/c1-24(2,3)41-23(40)37-9-5-6-16(13-37)35-22(39)36-17-10-15(25(27,28)29)12-38(14-17)19-11-34-21(26(30,31)32)20-18(19)7-4-8-33-20/h4,7-8,11,15-17H,5-6,9-10,12-14H2,1-3H3,(H2,35,36,39)/t15-,16+,17+/m0/s1. The zero-order chi connectivity index (χ0) is 30.2. The molecule has 2 N–H and O–H groups in total. The van der Waals surface area contributed by atoms with Crippen molar-refractivity contribution in [2.75, 3.05) is 31.1 Å². The number of carbonyl (C=O) groups is 2. The minimum Gasteiger partial charge on any atom is -0.444 e. The highest BCUT2D eigenvalue weighted by atomic mass is 19.4. The summed E-state index contributed by atoms with van der Waals surface area (Å²) in [5, 5.41) is 5.33. The molecule has 0 unspecified atom stereocenters. The summed E-state index contributed by atoms with van der Waals surface area (Å²) in [6.07, 6.45) is -7.14. The number of alkyl halides is 6. The van der Waals surface area contributed by atoms with E-state index in [1.54, 1.807) is 20.8 Å². The fourth-order valence-corrected chi connectivity index (χ4v) is 5.15. The summed E-state index contributed by atoms with van der Waals surface area (Å²) in [6.45, 7) is 5.23. The van der Waals surface area contributed by atoms with Gasteiger partial charge < -0.3 is 25.2 Å². The lowest BCUT2D eigenvalue weighted by molar-refractivity contribution is -0.177. The van der Waals surface area contributed by atoms with Crippen LogP contribution in [0.15, 0.2) is 24.5 Å². The molecule has 2 aromatic rings. The molecule has 3 amide bonds. The summed E-state index contributed by atoms with van der Waals surface area (Å²) in [5.74, 6) is -1.85. The number of fused-ring (bicyclic) bond motifs is 1. The van der Waals surface area contributed by atoms with Gasteiger partial charge in [0, 0.05) is 49.8 Å². The molecule has 15 heteroatoms. The van der Waals surface area contributed by atoms with Crippen LogP contribution in [0.4, 0.5) is 41.6 Å². The van der Waals surface area contributed by atoms with Crippen LogP contribution in [-0.2, 0) is 10.9 Å². The van der Waals surface area contributed by atoms with Gasteiger partial charge in [0.25, 0.3) is 0 Å². The maximum Gasteiger partial charge on any atom is 0.435 e. The van der Waals surface area contributed by atoms with Crippen LogP contribution in [0, 0.1) is 5.92 Å². The lowest BCUT2D eigenvalue weighted by Crippen LogP contribution is -2.58. The highest BCUT2D eigenvalue weighted by Crippen LogP contribution is 2.39. The van der Waals surface area contributed by atoms with E-state index < -0.39 is 72.3 Å². The Balaban J connectivity index is 1.49. The molecule has 0 radical (unpaired) electrons. The van der Waals surface area contributed by atoms with Crippen molar-refractivity contribution in [3.63, 3.8) is 0 Å². The number of piperidine rings is 2. The molecule has 0 saturated carbocycles. The molecule has 2 aliphatic rings. The molecule has 0 aliphatic carbocycles. The zero-order valence-corrected chi connectivity index (χ0v) is 22.8. The lowest BCUT2D eigenvalue weighted by Gasteiger charge is -2.40. The van der Waals surface area contributed by atoms with Crippen LogP contribution in [0.25, 0.3) is 10.9 Å². The van der Waals surface area contributed by atoms with Gasteiger partial charge in [0.2, 0.25) is 0 Å². The van der Waals surface area contributed by atoms with Gasteiger partial charge in [0.15, 0.2) is 5.69 Å². The summed E-state index contributed by atoms with van der Waals surface area (Å²) in [4.78, 5) is 35.3. The Kier molecular flexibility index (Phi) is 8.46.